The number of unbranched alkanes of at least 4 members (excludes halogenated alkanes) is 1. The molecule has 0 spiro atoms. The topological polar surface area (TPSA) is 55.1 Å². The molecule has 1 amide bonds. The van der Waals surface area contributed by atoms with E-state index in [1.807, 2.05) is 43.3 Å². The third-order valence-corrected chi connectivity index (χ3v) is 3.02. The number of nitrogens with one attached hydrogen (secondary N) is 1. The van der Waals surface area contributed by atoms with Gasteiger partial charge in [-0.15, -0.1) is 6.58 Å². The first-order valence-corrected chi connectivity index (χ1v) is 6.36. The van der Waals surface area contributed by atoms with Gasteiger partial charge in [0.15, 0.2) is 0 Å². The Kier molecular flexibility index (Phi) is 6.15. The summed E-state index contributed by atoms with van der Waals surface area (Å²) in [4.78, 5) is 11.9. The number of carbonyl (C=O) groups is 1. The molecule has 18 heavy (non-hydrogen) atoms. The second-order valence-electron chi connectivity index (χ2n) is 4.45. The summed E-state index contributed by atoms with van der Waals surface area (Å²) in [6.45, 7) is 6.19. The fourth-order valence-electron chi connectivity index (χ4n) is 1.75. The van der Waals surface area contributed by atoms with Crippen LogP contribution < -0.4 is 11.1 Å². The van der Waals surface area contributed by atoms with Crippen molar-refractivity contribution in [2.75, 3.05) is 6.54 Å². The summed E-state index contributed by atoms with van der Waals surface area (Å²) in [5.74, 6) is -0.216. The summed E-state index contributed by atoms with van der Waals surface area (Å²) in [6, 6.07) is 9.45. The lowest BCUT2D eigenvalue weighted by atomic mass is 9.94. The van der Waals surface area contributed by atoms with Crippen molar-refractivity contribution in [3.8, 4) is 0 Å². The highest BCUT2D eigenvalue weighted by atomic mass is 16.1. The van der Waals surface area contributed by atoms with Crippen molar-refractivity contribution in [2.45, 2.75) is 25.8 Å². The van der Waals surface area contributed by atoms with E-state index >= 15 is 0 Å². The molecule has 0 aliphatic rings. The van der Waals surface area contributed by atoms with Crippen LogP contribution in [-0.2, 0) is 4.79 Å². The Morgan fingerprint density at radius 1 is 1.44 bits per heavy atom. The number of hydrogen-bond donors (Lipinski definition) is 2. The molecule has 0 radical (unpaired) electrons. The van der Waals surface area contributed by atoms with Crippen LogP contribution in [0.3, 0.4) is 0 Å². The largest absolute Gasteiger partial charge is 0.356 e. The van der Waals surface area contributed by atoms with Gasteiger partial charge in [-0.05, 0) is 18.4 Å². The van der Waals surface area contributed by atoms with Gasteiger partial charge in [0.25, 0.3) is 0 Å². The predicted octanol–water partition coefficient (Wildman–Crippen LogP) is 2.40. The molecule has 98 valence electrons. The maximum Gasteiger partial charge on any atom is 0.224 e. The highest BCUT2D eigenvalue weighted by Crippen LogP contribution is 2.18. The van der Waals surface area contributed by atoms with Crippen LogP contribution >= 0.6 is 0 Å². The average Bonchev–Trinajstić information content (AvgIpc) is 2.42. The number of nitrogens with two attached hydrogens (primary N) is 1. The van der Waals surface area contributed by atoms with Gasteiger partial charge in [-0.3, -0.25) is 4.79 Å². The van der Waals surface area contributed by atoms with Crippen LogP contribution in [0.4, 0.5) is 0 Å². The van der Waals surface area contributed by atoms with E-state index < -0.39 is 0 Å². The molecule has 2 unspecified atom stereocenters. The molecule has 0 fully saturated rings. The van der Waals surface area contributed by atoms with Crippen molar-refractivity contribution in [3.05, 3.63) is 48.6 Å². The number of benzene rings is 1. The molecule has 0 heterocycles. The highest BCUT2D eigenvalue weighted by molar-refractivity contribution is 5.79. The molecular formula is C15H22N2O. The molecule has 3 heteroatoms. The van der Waals surface area contributed by atoms with Crippen LogP contribution in [0.1, 0.15) is 31.4 Å². The van der Waals surface area contributed by atoms with E-state index in [0.29, 0.717) is 6.54 Å². The second-order valence-corrected chi connectivity index (χ2v) is 4.45. The lowest BCUT2D eigenvalue weighted by molar-refractivity contribution is -0.125. The first-order valence-electron chi connectivity index (χ1n) is 6.36. The maximum atomic E-state index is 11.9. The summed E-state index contributed by atoms with van der Waals surface area (Å²) in [5.41, 5.74) is 7.08. The van der Waals surface area contributed by atoms with Gasteiger partial charge in [0.05, 0.1) is 5.92 Å². The van der Waals surface area contributed by atoms with Gasteiger partial charge >= 0.3 is 0 Å². The lowest BCUT2D eigenvalue weighted by Gasteiger charge is -2.19. The Bertz CT molecular complexity index is 375. The standard InChI is InChI=1S/C15H22N2O/c1-3-4-8-11-17-15(18)12(2)14(16)13-9-6-5-7-10-13/h3,5-7,9-10,12,14H,1,4,8,11,16H2,2H3,(H,17,18). The van der Waals surface area contributed by atoms with Crippen LogP contribution in [0, 0.1) is 5.92 Å². The molecule has 0 bridgehead atoms. The van der Waals surface area contributed by atoms with Crippen molar-refractivity contribution >= 4 is 5.91 Å². The Morgan fingerprint density at radius 2 is 2.11 bits per heavy atom. The maximum absolute atomic E-state index is 11.9. The van der Waals surface area contributed by atoms with Crippen molar-refractivity contribution in [1.29, 1.82) is 0 Å². The normalized spacial score (nSPS) is 13.7. The van der Waals surface area contributed by atoms with Gasteiger partial charge in [0.1, 0.15) is 0 Å². The quantitative estimate of drug-likeness (QED) is 0.573. The van der Waals surface area contributed by atoms with Gasteiger partial charge in [-0.1, -0.05) is 43.3 Å². The third-order valence-electron chi connectivity index (χ3n) is 3.02. The average molecular weight is 246 g/mol. The van der Waals surface area contributed by atoms with Gasteiger partial charge in [-0.25, -0.2) is 0 Å². The van der Waals surface area contributed by atoms with Gasteiger partial charge < -0.3 is 11.1 Å². The first-order chi connectivity index (χ1) is 8.66. The molecule has 3 N–H and O–H groups in total. The first kappa shape index (κ1) is 14.5. The Labute approximate surface area is 109 Å². The van der Waals surface area contributed by atoms with E-state index in [2.05, 4.69) is 11.9 Å². The van der Waals surface area contributed by atoms with E-state index in [1.165, 1.54) is 0 Å². The number of carbonyl (C=O) groups excluding carboxylic acids is 1. The molecule has 1 aromatic rings. The Hall–Kier alpha value is -1.61. The van der Waals surface area contributed by atoms with E-state index in [9.17, 15) is 4.79 Å². The zero-order valence-electron chi connectivity index (χ0n) is 10.9. The molecule has 0 saturated heterocycles. The van der Waals surface area contributed by atoms with Crippen LogP contribution in [0.2, 0.25) is 0 Å². The SMILES string of the molecule is C=CCCCNC(=O)C(C)C(N)c1ccccc1. The van der Waals surface area contributed by atoms with E-state index in [0.717, 1.165) is 18.4 Å². The Morgan fingerprint density at radius 3 is 2.72 bits per heavy atom. The molecule has 0 aliphatic carbocycles. The molecular weight excluding hydrogens is 224 g/mol. The molecule has 1 rings (SSSR count). The smallest absolute Gasteiger partial charge is 0.224 e. The monoisotopic (exact) mass is 246 g/mol. The zero-order valence-corrected chi connectivity index (χ0v) is 10.9. The number of hydrogen-bond acceptors (Lipinski definition) is 2. The van der Waals surface area contributed by atoms with Crippen LogP contribution in [0.5, 0.6) is 0 Å². The highest BCUT2D eigenvalue weighted by Gasteiger charge is 2.21. The molecule has 0 saturated carbocycles. The molecule has 3 nitrogen and oxygen atoms in total. The van der Waals surface area contributed by atoms with Crippen LogP contribution in [-0.4, -0.2) is 12.5 Å². The number of allylic oxidation sites excluding steroid dienone is 1. The van der Waals surface area contributed by atoms with Crippen molar-refractivity contribution in [3.63, 3.8) is 0 Å². The summed E-state index contributed by atoms with van der Waals surface area (Å²) in [5, 5.41) is 2.90. The summed E-state index contributed by atoms with van der Waals surface area (Å²) in [7, 11) is 0. The minimum atomic E-state index is -0.259. The van der Waals surface area contributed by atoms with Gasteiger partial charge in [-0.2, -0.15) is 0 Å². The molecule has 1 aromatic carbocycles. The fourth-order valence-corrected chi connectivity index (χ4v) is 1.75. The third kappa shape index (κ3) is 4.34. The van der Waals surface area contributed by atoms with Crippen LogP contribution in [0.15, 0.2) is 43.0 Å². The van der Waals surface area contributed by atoms with E-state index in [1.54, 1.807) is 0 Å². The predicted molar refractivity (Wildman–Crippen MR) is 75.0 cm³/mol. The summed E-state index contributed by atoms with van der Waals surface area (Å²) in [6.07, 6.45) is 3.69. The molecule has 0 aliphatic heterocycles. The summed E-state index contributed by atoms with van der Waals surface area (Å²) < 4.78 is 0. The number of rotatable bonds is 7. The minimum absolute atomic E-state index is 0.00964. The van der Waals surface area contributed by atoms with Crippen LogP contribution in [0.25, 0.3) is 0 Å². The molecule has 2 atom stereocenters. The van der Waals surface area contributed by atoms with E-state index in [-0.39, 0.29) is 17.9 Å². The van der Waals surface area contributed by atoms with Gasteiger partial charge in [0, 0.05) is 12.6 Å². The van der Waals surface area contributed by atoms with E-state index in [4.69, 9.17) is 5.73 Å². The van der Waals surface area contributed by atoms with Crippen molar-refractivity contribution in [1.82, 2.24) is 5.32 Å². The lowest BCUT2D eigenvalue weighted by Crippen LogP contribution is -2.36. The zero-order chi connectivity index (χ0) is 13.4. The molecule has 0 aromatic heterocycles. The Balaban J connectivity index is 2.45. The second kappa shape index (κ2) is 7.67. The fraction of sp³-hybridized carbons (Fsp3) is 0.400. The van der Waals surface area contributed by atoms with Gasteiger partial charge in [0.2, 0.25) is 5.91 Å². The summed E-state index contributed by atoms with van der Waals surface area (Å²) >= 11 is 0. The van der Waals surface area contributed by atoms with Crippen molar-refractivity contribution < 1.29 is 4.79 Å². The number of amides is 1. The van der Waals surface area contributed by atoms with Crippen molar-refractivity contribution in [2.24, 2.45) is 11.7 Å². The minimum Gasteiger partial charge on any atom is -0.356 e.